The molecule has 1 aliphatic heterocycles. The summed E-state index contributed by atoms with van der Waals surface area (Å²) >= 11 is 0. The standard InChI is InChI=1S/C16H23N6O11P3/c1-3-9-6-11(7-30-35(26,27)33-36(28,29)32-34(23,24)25)31-15(9)22-8-18-12-13(21(2)10-4-5-10)19-16(17)20-14(12)22/h1,8-11,15H,4-7H2,2H3,(H,26,27)(H,28,29)(H2,17,19,20)(H2,23,24,25)/t9-,11-,15+/m0/s1. The summed E-state index contributed by atoms with van der Waals surface area (Å²) in [6.45, 7) is -0.627. The number of hydrogen-bond acceptors (Lipinski definition) is 12. The van der Waals surface area contributed by atoms with Crippen molar-refractivity contribution in [2.45, 2.75) is 37.6 Å². The summed E-state index contributed by atoms with van der Waals surface area (Å²) in [6.07, 6.45) is 7.60. The van der Waals surface area contributed by atoms with Crippen LogP contribution < -0.4 is 10.6 Å². The van der Waals surface area contributed by atoms with E-state index in [0.29, 0.717) is 23.0 Å². The number of ether oxygens (including phenoxy) is 1. The van der Waals surface area contributed by atoms with Crippen LogP contribution in [0.4, 0.5) is 11.8 Å². The van der Waals surface area contributed by atoms with E-state index in [4.69, 9.17) is 26.7 Å². The van der Waals surface area contributed by atoms with E-state index < -0.39 is 48.3 Å². The topological polar surface area (TPSA) is 242 Å². The van der Waals surface area contributed by atoms with Crippen LogP contribution in [-0.4, -0.2) is 64.9 Å². The summed E-state index contributed by atoms with van der Waals surface area (Å²) in [5.74, 6) is 2.59. The van der Waals surface area contributed by atoms with Crippen LogP contribution in [0.2, 0.25) is 0 Å². The lowest BCUT2D eigenvalue weighted by Crippen LogP contribution is -2.22. The van der Waals surface area contributed by atoms with Gasteiger partial charge in [-0.25, -0.2) is 18.7 Å². The molecule has 198 valence electrons. The second kappa shape index (κ2) is 9.75. The van der Waals surface area contributed by atoms with Crippen molar-refractivity contribution >= 4 is 46.4 Å². The average Bonchev–Trinajstić information content (AvgIpc) is 3.37. The van der Waals surface area contributed by atoms with Gasteiger partial charge >= 0.3 is 23.5 Å². The largest absolute Gasteiger partial charge is 0.490 e. The van der Waals surface area contributed by atoms with Crippen molar-refractivity contribution in [3.63, 3.8) is 0 Å². The molecule has 1 saturated heterocycles. The Morgan fingerprint density at radius 1 is 1.22 bits per heavy atom. The maximum atomic E-state index is 12.0. The number of rotatable bonds is 10. The molecule has 5 atom stereocenters. The Kier molecular flexibility index (Phi) is 7.35. The summed E-state index contributed by atoms with van der Waals surface area (Å²) in [6, 6.07) is 0.327. The van der Waals surface area contributed by atoms with Crippen molar-refractivity contribution in [1.82, 2.24) is 19.5 Å². The monoisotopic (exact) mass is 568 g/mol. The number of aromatic nitrogens is 4. The zero-order chi connectivity index (χ0) is 26.5. The molecule has 2 fully saturated rings. The molecule has 36 heavy (non-hydrogen) atoms. The third kappa shape index (κ3) is 6.31. The highest BCUT2D eigenvalue weighted by molar-refractivity contribution is 7.66. The first-order valence-corrected chi connectivity index (χ1v) is 14.8. The normalized spacial score (nSPS) is 25.8. The van der Waals surface area contributed by atoms with Crippen molar-refractivity contribution in [2.24, 2.45) is 5.92 Å². The first kappa shape index (κ1) is 27.1. The van der Waals surface area contributed by atoms with Crippen LogP contribution in [0, 0.1) is 18.3 Å². The van der Waals surface area contributed by atoms with Gasteiger partial charge in [0.05, 0.1) is 25.0 Å². The number of phosphoric acid groups is 3. The highest BCUT2D eigenvalue weighted by atomic mass is 31.3. The van der Waals surface area contributed by atoms with E-state index in [-0.39, 0.29) is 12.4 Å². The number of fused-ring (bicyclic) bond motifs is 1. The van der Waals surface area contributed by atoms with Gasteiger partial charge in [0.15, 0.2) is 23.2 Å². The molecule has 2 aromatic heterocycles. The van der Waals surface area contributed by atoms with Gasteiger partial charge in [0.1, 0.15) is 0 Å². The minimum Gasteiger partial charge on any atom is -0.368 e. The van der Waals surface area contributed by atoms with Gasteiger partial charge in [-0.1, -0.05) is 5.92 Å². The zero-order valence-corrected chi connectivity index (χ0v) is 21.3. The van der Waals surface area contributed by atoms with E-state index in [9.17, 15) is 23.5 Å². The Hall–Kier alpha value is -1.92. The second-order valence-corrected chi connectivity index (χ2v) is 12.5. The van der Waals surface area contributed by atoms with Gasteiger partial charge < -0.3 is 34.9 Å². The van der Waals surface area contributed by atoms with Crippen molar-refractivity contribution in [2.75, 3.05) is 24.3 Å². The fraction of sp³-hybridized carbons (Fsp3) is 0.562. The number of imidazole rings is 1. The third-order valence-electron chi connectivity index (χ3n) is 5.37. The van der Waals surface area contributed by atoms with Crippen molar-refractivity contribution in [1.29, 1.82) is 0 Å². The molecule has 0 aromatic carbocycles. The molecule has 0 spiro atoms. The molecule has 2 unspecified atom stereocenters. The van der Waals surface area contributed by atoms with Crippen LogP contribution >= 0.6 is 23.5 Å². The predicted molar refractivity (Wildman–Crippen MR) is 122 cm³/mol. The van der Waals surface area contributed by atoms with E-state index in [0.717, 1.165) is 12.8 Å². The predicted octanol–water partition coefficient (Wildman–Crippen LogP) is 0.887. The van der Waals surface area contributed by atoms with Crippen LogP contribution in [0.15, 0.2) is 6.33 Å². The number of hydrogen-bond donors (Lipinski definition) is 5. The highest BCUT2D eigenvalue weighted by Gasteiger charge is 2.43. The van der Waals surface area contributed by atoms with Gasteiger partial charge in [0.2, 0.25) is 5.95 Å². The number of nitrogen functional groups attached to an aromatic ring is 1. The molecule has 2 aromatic rings. The van der Waals surface area contributed by atoms with E-state index in [2.05, 4.69) is 34.0 Å². The summed E-state index contributed by atoms with van der Waals surface area (Å²) < 4.78 is 53.7. The first-order chi connectivity index (χ1) is 16.7. The summed E-state index contributed by atoms with van der Waals surface area (Å²) in [4.78, 5) is 51.1. The summed E-state index contributed by atoms with van der Waals surface area (Å²) in [7, 11) is -14.6. The SMILES string of the molecule is C#C[C@H]1C[C@@H](COP(=O)(O)OP(=O)(O)OP(=O)(O)O)O[C@H]1n1cnc2c(N(C)C3CC3)nc(N)nc21. The fourth-order valence-electron chi connectivity index (χ4n) is 3.73. The maximum Gasteiger partial charge on any atom is 0.490 e. The second-order valence-electron chi connectivity index (χ2n) is 8.12. The average molecular weight is 568 g/mol. The minimum absolute atomic E-state index is 0.0196. The van der Waals surface area contributed by atoms with Gasteiger partial charge in [0.25, 0.3) is 0 Å². The van der Waals surface area contributed by atoms with Gasteiger partial charge in [0, 0.05) is 13.1 Å². The van der Waals surface area contributed by atoms with Crippen LogP contribution in [0.25, 0.3) is 11.2 Å². The first-order valence-electron chi connectivity index (χ1n) is 10.3. The van der Waals surface area contributed by atoms with Crippen LogP contribution in [0.5, 0.6) is 0 Å². The maximum absolute atomic E-state index is 12.0. The number of nitrogens with zero attached hydrogens (tertiary/aromatic N) is 5. The highest BCUT2D eigenvalue weighted by Crippen LogP contribution is 2.66. The van der Waals surface area contributed by atoms with Gasteiger partial charge in [-0.15, -0.1) is 6.42 Å². The van der Waals surface area contributed by atoms with E-state index in [1.807, 2.05) is 11.9 Å². The molecule has 3 heterocycles. The lowest BCUT2D eigenvalue weighted by atomic mass is 10.0. The molecule has 17 nitrogen and oxygen atoms in total. The number of anilines is 2. The van der Waals surface area contributed by atoms with E-state index >= 15 is 0 Å². The third-order valence-corrected chi connectivity index (χ3v) is 9.17. The van der Waals surface area contributed by atoms with Crippen molar-refractivity contribution in [3.05, 3.63) is 6.33 Å². The molecular weight excluding hydrogens is 545 g/mol. The molecule has 2 aliphatic rings. The van der Waals surface area contributed by atoms with E-state index in [1.54, 1.807) is 4.57 Å². The Morgan fingerprint density at radius 2 is 1.92 bits per heavy atom. The molecule has 0 bridgehead atoms. The van der Waals surface area contributed by atoms with Crippen LogP contribution in [-0.2, 0) is 31.6 Å². The summed E-state index contributed by atoms with van der Waals surface area (Å²) in [5, 5.41) is 0. The van der Waals surface area contributed by atoms with Gasteiger partial charge in [-0.05, 0) is 19.3 Å². The lowest BCUT2D eigenvalue weighted by Gasteiger charge is -2.20. The molecule has 0 amide bonds. The quantitative estimate of drug-likeness (QED) is 0.197. The van der Waals surface area contributed by atoms with Crippen molar-refractivity contribution < 1.29 is 51.2 Å². The number of phosphoric ester groups is 1. The zero-order valence-electron chi connectivity index (χ0n) is 18.6. The molecule has 6 N–H and O–H groups in total. The number of terminal acetylenes is 1. The fourth-order valence-corrected chi connectivity index (χ4v) is 6.78. The molecule has 1 saturated carbocycles. The Bertz CT molecular complexity index is 1340. The minimum atomic E-state index is -5.63. The smallest absolute Gasteiger partial charge is 0.368 e. The van der Waals surface area contributed by atoms with E-state index in [1.165, 1.54) is 6.33 Å². The molecule has 1 aliphatic carbocycles. The Balaban J connectivity index is 1.48. The Labute approximate surface area is 204 Å². The summed E-state index contributed by atoms with van der Waals surface area (Å²) in [5.41, 5.74) is 6.77. The molecule has 0 radical (unpaired) electrons. The lowest BCUT2D eigenvalue weighted by molar-refractivity contribution is -0.0259. The molecule has 20 heteroatoms. The van der Waals surface area contributed by atoms with Gasteiger partial charge in [-0.2, -0.15) is 18.6 Å². The van der Waals surface area contributed by atoms with Crippen molar-refractivity contribution in [3.8, 4) is 12.3 Å². The van der Waals surface area contributed by atoms with Crippen LogP contribution in [0.3, 0.4) is 0 Å². The van der Waals surface area contributed by atoms with Crippen LogP contribution in [0.1, 0.15) is 25.5 Å². The Morgan fingerprint density at radius 3 is 2.53 bits per heavy atom. The van der Waals surface area contributed by atoms with Gasteiger partial charge in [-0.3, -0.25) is 9.09 Å². The molecule has 4 rings (SSSR count). The number of nitrogens with two attached hydrogens (primary N) is 1. The molecular formula is C16H23N6O11P3.